The van der Waals surface area contributed by atoms with Gasteiger partial charge in [0.2, 0.25) is 4.96 Å². The number of nitrogens with one attached hydrogen (secondary N) is 1. The number of rotatable bonds is 5. The second kappa shape index (κ2) is 7.44. The van der Waals surface area contributed by atoms with E-state index in [4.69, 9.17) is 4.74 Å². The molecule has 1 N–H and O–H groups in total. The molecule has 0 aliphatic heterocycles. The van der Waals surface area contributed by atoms with E-state index >= 15 is 0 Å². The second-order valence-electron chi connectivity index (χ2n) is 6.71. The van der Waals surface area contributed by atoms with Crippen LogP contribution in [-0.4, -0.2) is 27.6 Å². The fourth-order valence-corrected chi connectivity index (χ4v) is 3.74. The van der Waals surface area contributed by atoms with Gasteiger partial charge in [0, 0.05) is 16.5 Å². The van der Waals surface area contributed by atoms with Crippen LogP contribution < -0.4 is 10.1 Å². The van der Waals surface area contributed by atoms with Gasteiger partial charge in [0.25, 0.3) is 11.9 Å². The molecule has 0 unspecified atom stereocenters. The van der Waals surface area contributed by atoms with Crippen molar-refractivity contribution in [1.82, 2.24) is 14.6 Å². The standard InChI is InChI=1S/C21H20N4O2S/c1-13(2)14-7-9-15(10-8-14)19(26)22-20-23-21-25(24-20)18(12-28-21)16-5-4-6-17(11-16)27-3/h4-13H,1-3H3,(H,22,24,26). The van der Waals surface area contributed by atoms with E-state index in [0.717, 1.165) is 17.0 Å². The number of aromatic nitrogens is 3. The fraction of sp³-hybridized carbons (Fsp3) is 0.190. The monoisotopic (exact) mass is 392 g/mol. The van der Waals surface area contributed by atoms with Gasteiger partial charge in [-0.3, -0.25) is 10.1 Å². The van der Waals surface area contributed by atoms with Crippen LogP contribution in [0.5, 0.6) is 5.75 Å². The topological polar surface area (TPSA) is 68.5 Å². The van der Waals surface area contributed by atoms with E-state index < -0.39 is 0 Å². The quantitative estimate of drug-likeness (QED) is 0.528. The molecule has 4 rings (SSSR count). The molecule has 2 aromatic carbocycles. The highest BCUT2D eigenvalue weighted by molar-refractivity contribution is 7.15. The van der Waals surface area contributed by atoms with Gasteiger partial charge in [-0.05, 0) is 35.7 Å². The van der Waals surface area contributed by atoms with E-state index in [9.17, 15) is 4.79 Å². The maximum Gasteiger partial charge on any atom is 0.258 e. The summed E-state index contributed by atoms with van der Waals surface area (Å²) in [6.07, 6.45) is 0. The zero-order valence-corrected chi connectivity index (χ0v) is 16.7. The normalized spacial score (nSPS) is 11.1. The Morgan fingerprint density at radius 2 is 1.96 bits per heavy atom. The van der Waals surface area contributed by atoms with Crippen molar-refractivity contribution in [1.29, 1.82) is 0 Å². The molecule has 0 spiro atoms. The van der Waals surface area contributed by atoms with Crippen LogP contribution in [-0.2, 0) is 0 Å². The maximum atomic E-state index is 12.5. The number of hydrogen-bond acceptors (Lipinski definition) is 5. The summed E-state index contributed by atoms with van der Waals surface area (Å²) in [6.45, 7) is 4.24. The number of amides is 1. The molecule has 0 saturated heterocycles. The molecule has 0 radical (unpaired) electrons. The molecule has 0 fully saturated rings. The lowest BCUT2D eigenvalue weighted by atomic mass is 10.0. The van der Waals surface area contributed by atoms with E-state index in [1.165, 1.54) is 16.9 Å². The highest BCUT2D eigenvalue weighted by Crippen LogP contribution is 2.28. The number of carbonyl (C=O) groups is 1. The van der Waals surface area contributed by atoms with Gasteiger partial charge in [-0.2, -0.15) is 4.98 Å². The number of carbonyl (C=O) groups excluding carboxylic acids is 1. The molecule has 7 heteroatoms. The van der Waals surface area contributed by atoms with Crippen LogP contribution in [0, 0.1) is 0 Å². The summed E-state index contributed by atoms with van der Waals surface area (Å²) in [6, 6.07) is 15.3. The third kappa shape index (κ3) is 3.48. The summed E-state index contributed by atoms with van der Waals surface area (Å²) >= 11 is 1.47. The molecular formula is C21H20N4O2S. The summed E-state index contributed by atoms with van der Waals surface area (Å²) in [5.74, 6) is 1.26. The van der Waals surface area contributed by atoms with E-state index in [1.54, 1.807) is 11.6 Å². The average Bonchev–Trinajstić information content (AvgIpc) is 3.28. The number of anilines is 1. The SMILES string of the molecule is COc1cccc(-c2csc3nc(NC(=O)c4ccc(C(C)C)cc4)nn23)c1. The second-order valence-corrected chi connectivity index (χ2v) is 7.55. The van der Waals surface area contributed by atoms with Crippen molar-refractivity contribution in [3.63, 3.8) is 0 Å². The average molecular weight is 392 g/mol. The third-order valence-corrected chi connectivity index (χ3v) is 5.33. The number of benzene rings is 2. The Morgan fingerprint density at radius 3 is 2.68 bits per heavy atom. The van der Waals surface area contributed by atoms with Gasteiger partial charge in [0.15, 0.2) is 0 Å². The molecule has 4 aromatic rings. The van der Waals surface area contributed by atoms with Crippen molar-refractivity contribution >= 4 is 28.2 Å². The fourth-order valence-electron chi connectivity index (χ4n) is 2.91. The Balaban J connectivity index is 1.58. The zero-order chi connectivity index (χ0) is 19.7. The van der Waals surface area contributed by atoms with Crippen LogP contribution in [0.15, 0.2) is 53.9 Å². The molecule has 0 atom stereocenters. The van der Waals surface area contributed by atoms with Crippen LogP contribution >= 0.6 is 11.3 Å². The lowest BCUT2D eigenvalue weighted by Gasteiger charge is -2.06. The first-order chi connectivity index (χ1) is 13.5. The molecule has 28 heavy (non-hydrogen) atoms. The van der Waals surface area contributed by atoms with E-state index in [1.807, 2.05) is 53.9 Å². The van der Waals surface area contributed by atoms with E-state index in [-0.39, 0.29) is 11.9 Å². The van der Waals surface area contributed by atoms with E-state index in [2.05, 4.69) is 29.2 Å². The number of fused-ring (bicyclic) bond motifs is 1. The van der Waals surface area contributed by atoms with Gasteiger partial charge >= 0.3 is 0 Å². The van der Waals surface area contributed by atoms with Gasteiger partial charge in [-0.1, -0.05) is 38.1 Å². The largest absolute Gasteiger partial charge is 0.497 e. The summed E-state index contributed by atoms with van der Waals surface area (Å²) < 4.78 is 7.03. The van der Waals surface area contributed by atoms with Gasteiger partial charge in [0.1, 0.15) is 5.75 Å². The van der Waals surface area contributed by atoms with Crippen molar-refractivity contribution in [2.24, 2.45) is 0 Å². The molecule has 0 bridgehead atoms. The molecule has 2 heterocycles. The number of nitrogens with zero attached hydrogens (tertiary/aromatic N) is 3. The van der Waals surface area contributed by atoms with Crippen molar-refractivity contribution in [2.75, 3.05) is 12.4 Å². The molecule has 0 aliphatic carbocycles. The summed E-state index contributed by atoms with van der Waals surface area (Å²) in [7, 11) is 1.64. The first-order valence-corrected chi connectivity index (χ1v) is 9.83. The Kier molecular flexibility index (Phi) is 4.83. The molecule has 142 valence electrons. The van der Waals surface area contributed by atoms with Crippen LogP contribution in [0.1, 0.15) is 35.7 Å². The predicted molar refractivity (Wildman–Crippen MR) is 111 cm³/mol. The van der Waals surface area contributed by atoms with Gasteiger partial charge in [-0.15, -0.1) is 16.4 Å². The van der Waals surface area contributed by atoms with Crippen molar-refractivity contribution in [3.8, 4) is 17.0 Å². The molecule has 0 saturated carbocycles. The lowest BCUT2D eigenvalue weighted by Crippen LogP contribution is -2.13. The Bertz CT molecular complexity index is 1130. The Labute approximate surface area is 166 Å². The zero-order valence-electron chi connectivity index (χ0n) is 15.8. The Hall–Kier alpha value is -3.19. The number of ether oxygens (including phenoxy) is 1. The minimum absolute atomic E-state index is 0.225. The summed E-state index contributed by atoms with van der Waals surface area (Å²) in [5.41, 5.74) is 3.64. The van der Waals surface area contributed by atoms with Crippen LogP contribution in [0.2, 0.25) is 0 Å². The van der Waals surface area contributed by atoms with Gasteiger partial charge < -0.3 is 4.74 Å². The number of methoxy groups -OCH3 is 1. The minimum Gasteiger partial charge on any atom is -0.497 e. The first-order valence-electron chi connectivity index (χ1n) is 8.95. The summed E-state index contributed by atoms with van der Waals surface area (Å²) in [5, 5.41) is 9.23. The van der Waals surface area contributed by atoms with Gasteiger partial charge in [-0.25, -0.2) is 4.52 Å². The summed E-state index contributed by atoms with van der Waals surface area (Å²) in [4.78, 5) is 17.7. The van der Waals surface area contributed by atoms with Crippen molar-refractivity contribution in [2.45, 2.75) is 19.8 Å². The smallest absolute Gasteiger partial charge is 0.258 e. The van der Waals surface area contributed by atoms with Crippen molar-refractivity contribution in [3.05, 3.63) is 65.0 Å². The van der Waals surface area contributed by atoms with Crippen LogP contribution in [0.4, 0.5) is 5.95 Å². The minimum atomic E-state index is -0.225. The van der Waals surface area contributed by atoms with Gasteiger partial charge in [0.05, 0.1) is 12.8 Å². The molecule has 0 aliphatic rings. The first kappa shape index (κ1) is 18.2. The predicted octanol–water partition coefficient (Wildman–Crippen LogP) is 4.84. The number of hydrogen-bond donors (Lipinski definition) is 1. The van der Waals surface area contributed by atoms with Crippen LogP contribution in [0.3, 0.4) is 0 Å². The molecule has 2 aromatic heterocycles. The highest BCUT2D eigenvalue weighted by Gasteiger charge is 2.15. The Morgan fingerprint density at radius 1 is 1.18 bits per heavy atom. The molecule has 6 nitrogen and oxygen atoms in total. The molecule has 1 amide bonds. The van der Waals surface area contributed by atoms with Crippen molar-refractivity contribution < 1.29 is 9.53 Å². The third-order valence-electron chi connectivity index (χ3n) is 4.51. The molecular weight excluding hydrogens is 372 g/mol. The highest BCUT2D eigenvalue weighted by atomic mass is 32.1. The van der Waals surface area contributed by atoms with Crippen LogP contribution in [0.25, 0.3) is 16.2 Å². The van der Waals surface area contributed by atoms with E-state index in [0.29, 0.717) is 16.4 Å². The number of thiazole rings is 1. The lowest BCUT2D eigenvalue weighted by molar-refractivity contribution is 0.102. The maximum absolute atomic E-state index is 12.5.